The van der Waals surface area contributed by atoms with Gasteiger partial charge in [0.05, 0.1) is 0 Å². The summed E-state index contributed by atoms with van der Waals surface area (Å²) in [6, 6.07) is -2.11. The minimum atomic E-state index is -8.73. The van der Waals surface area contributed by atoms with Crippen LogP contribution in [0.15, 0.2) is 41.0 Å². The number of para-hydroxylation sites is 1. The van der Waals surface area contributed by atoms with Crippen molar-refractivity contribution < 1.29 is 92.3 Å². The van der Waals surface area contributed by atoms with E-state index in [9.17, 15) is 83.1 Å². The number of rotatable bonds is 9. The zero-order valence-corrected chi connectivity index (χ0v) is 17.1. The maximum atomic E-state index is 13.7. The van der Waals surface area contributed by atoms with Gasteiger partial charge in [0.25, 0.3) is 10.1 Å². The van der Waals surface area contributed by atoms with Crippen LogP contribution in [-0.2, 0) is 10.1 Å². The summed E-state index contributed by atoms with van der Waals surface area (Å²) in [7, 11) is -5.49. The zero-order chi connectivity index (χ0) is 29.8. The summed E-state index contributed by atoms with van der Waals surface area (Å²) in [5.41, 5.74) is 0. The Kier molecular flexibility index (Phi) is 10.0. The van der Waals surface area contributed by atoms with Crippen LogP contribution in [0.25, 0.3) is 0 Å². The van der Waals surface area contributed by atoms with E-state index in [1.165, 1.54) is 0 Å². The summed E-state index contributed by atoms with van der Waals surface area (Å²) in [5.74, 6) is -56.9. The molecule has 38 heavy (non-hydrogen) atoms. The number of hydrogen-bond donors (Lipinski definition) is 1. The molecule has 1 N–H and O–H groups in total. The first-order chi connectivity index (χ1) is 16.0. The van der Waals surface area contributed by atoms with Gasteiger partial charge in [0, 0.05) is 0 Å². The molecule has 0 aromatic heterocycles. The monoisotopic (exact) mass is 628 g/mol. The third kappa shape index (κ3) is 5.55. The van der Waals surface area contributed by atoms with Gasteiger partial charge in [0.15, 0.2) is 5.75 Å². The molecule has 0 fully saturated rings. The fourth-order valence-corrected chi connectivity index (χ4v) is 2.73. The molecule has 23 heteroatoms. The van der Waals surface area contributed by atoms with Gasteiger partial charge < -0.3 is 4.74 Å². The molecule has 216 valence electrons. The van der Waals surface area contributed by atoms with Crippen LogP contribution < -0.4 is 4.74 Å². The molecular weight excluding hydrogens is 622 g/mol. The van der Waals surface area contributed by atoms with E-state index in [2.05, 4.69) is 4.74 Å². The SMILES string of the molecule is O=S(=O)(O)c1ccccc1OC(F)=C(F)C(F)(F)C(F)(F)C(F)(F)C(F)(F)C(F)(F)C(F)(F)C(F)(F)F.[NaH]. The molecule has 0 amide bonds. The predicted molar refractivity (Wildman–Crippen MR) is 89.0 cm³/mol. The number of allylic oxidation sites excluding steroid dienone is 1. The van der Waals surface area contributed by atoms with Crippen molar-refractivity contribution in [2.75, 3.05) is 0 Å². The first kappa shape index (κ1) is 36.5. The molecule has 0 saturated heterocycles. The normalized spacial score (nSPS) is 15.5. The van der Waals surface area contributed by atoms with Gasteiger partial charge in [-0.1, -0.05) is 12.1 Å². The average Bonchev–Trinajstić information content (AvgIpc) is 2.71. The molecule has 0 aliphatic carbocycles. The second-order valence-electron chi connectivity index (χ2n) is 6.56. The molecule has 0 atom stereocenters. The van der Waals surface area contributed by atoms with Crippen molar-refractivity contribution in [1.82, 2.24) is 0 Å². The number of benzene rings is 1. The fraction of sp³-hybridized carbons (Fsp3) is 0.467. The summed E-state index contributed by atoms with van der Waals surface area (Å²) in [4.78, 5) is -1.63. The van der Waals surface area contributed by atoms with Crippen molar-refractivity contribution in [1.29, 1.82) is 0 Å². The van der Waals surface area contributed by atoms with E-state index in [-0.39, 0.29) is 41.7 Å². The summed E-state index contributed by atoms with van der Waals surface area (Å²) in [5, 5.41) is 0. The van der Waals surface area contributed by atoms with Gasteiger partial charge in [-0.3, -0.25) is 4.55 Å². The topological polar surface area (TPSA) is 63.6 Å². The predicted octanol–water partition coefficient (Wildman–Crippen LogP) is 6.15. The number of hydrogen-bond acceptors (Lipinski definition) is 3. The van der Waals surface area contributed by atoms with Crippen LogP contribution >= 0.6 is 0 Å². The van der Waals surface area contributed by atoms with Crippen LogP contribution in [0.1, 0.15) is 0 Å². The van der Waals surface area contributed by atoms with Crippen molar-refractivity contribution in [2.45, 2.75) is 46.6 Å². The van der Waals surface area contributed by atoms with E-state index in [1.807, 2.05) is 0 Å². The van der Waals surface area contributed by atoms with Gasteiger partial charge >= 0.3 is 77.3 Å². The second kappa shape index (κ2) is 10.5. The van der Waals surface area contributed by atoms with Gasteiger partial charge in [-0.25, -0.2) is 0 Å². The molecule has 1 rings (SSSR count). The Labute approximate surface area is 220 Å². The molecule has 4 nitrogen and oxygen atoms in total. The van der Waals surface area contributed by atoms with Gasteiger partial charge in [-0.15, -0.1) is 0 Å². The molecule has 0 aliphatic rings. The van der Waals surface area contributed by atoms with Crippen molar-refractivity contribution in [3.63, 3.8) is 0 Å². The standard InChI is InChI=1S/C15H5F17O4S.Na.H/c16-7(8(17)36-5-3-1-2-4-6(5)37(33,34)35)9(18,19)10(20,21)11(22,23)12(24,25)13(26,27)14(28,29)15(30,31)32;;/h1-4H,(H,33,34,35);;. The molecule has 0 spiro atoms. The minimum absolute atomic E-state index is 0. The summed E-state index contributed by atoms with van der Waals surface area (Å²) in [6.45, 7) is 0. The third-order valence-corrected chi connectivity index (χ3v) is 5.00. The molecule has 0 heterocycles. The average molecular weight is 628 g/mol. The number of halogens is 17. The molecule has 0 aliphatic heterocycles. The van der Waals surface area contributed by atoms with Crippen molar-refractivity contribution in [3.05, 3.63) is 36.1 Å². The molecule has 0 unspecified atom stereocenters. The summed E-state index contributed by atoms with van der Waals surface area (Å²) in [6.07, 6.45) is -7.85. The van der Waals surface area contributed by atoms with E-state index in [0.717, 1.165) is 0 Å². The Morgan fingerprint density at radius 1 is 0.658 bits per heavy atom. The van der Waals surface area contributed by atoms with E-state index in [0.29, 0.717) is 12.1 Å². The molecule has 0 radical (unpaired) electrons. The Morgan fingerprint density at radius 3 is 1.42 bits per heavy atom. The number of ether oxygens (including phenoxy) is 1. The molecule has 1 aromatic carbocycles. The number of alkyl halides is 15. The van der Waals surface area contributed by atoms with Gasteiger partial charge in [-0.2, -0.15) is 83.1 Å². The quantitative estimate of drug-likeness (QED) is 0.155. The Morgan fingerprint density at radius 2 is 1.03 bits per heavy atom. The summed E-state index contributed by atoms with van der Waals surface area (Å²) >= 11 is 0. The van der Waals surface area contributed by atoms with Gasteiger partial charge in [-0.05, 0) is 12.1 Å². The van der Waals surface area contributed by atoms with Crippen molar-refractivity contribution in [2.24, 2.45) is 0 Å². The van der Waals surface area contributed by atoms with E-state index < -0.39 is 74.3 Å². The van der Waals surface area contributed by atoms with Crippen LogP contribution in [0, 0.1) is 0 Å². The van der Waals surface area contributed by atoms with Crippen molar-refractivity contribution >= 4 is 39.7 Å². The van der Waals surface area contributed by atoms with Crippen LogP contribution in [0.3, 0.4) is 0 Å². The molecule has 1 aromatic rings. The van der Waals surface area contributed by atoms with E-state index in [4.69, 9.17) is 4.55 Å². The Hall–Kier alpha value is -1.52. The van der Waals surface area contributed by atoms with Gasteiger partial charge in [0.2, 0.25) is 5.83 Å². The third-order valence-electron chi connectivity index (χ3n) is 4.10. The maximum absolute atomic E-state index is 13.7. The Bertz CT molecular complexity index is 1160. The fourth-order valence-electron chi connectivity index (χ4n) is 2.12. The van der Waals surface area contributed by atoms with E-state index >= 15 is 0 Å². The first-order valence-corrected chi connectivity index (χ1v) is 9.61. The van der Waals surface area contributed by atoms with Crippen LogP contribution in [-0.4, -0.2) is 84.2 Å². The Balaban J connectivity index is 0.0000137. The van der Waals surface area contributed by atoms with Crippen molar-refractivity contribution in [3.8, 4) is 5.75 Å². The molecule has 0 saturated carbocycles. The molecule has 0 bridgehead atoms. The van der Waals surface area contributed by atoms with Gasteiger partial charge in [0.1, 0.15) is 4.90 Å². The summed E-state index contributed by atoms with van der Waals surface area (Å²) < 4.78 is 258. The zero-order valence-electron chi connectivity index (χ0n) is 16.3. The van der Waals surface area contributed by atoms with E-state index in [1.54, 1.807) is 0 Å². The first-order valence-electron chi connectivity index (χ1n) is 8.17. The van der Waals surface area contributed by atoms with Crippen LogP contribution in [0.4, 0.5) is 74.6 Å². The van der Waals surface area contributed by atoms with Crippen LogP contribution in [0.2, 0.25) is 0 Å². The second-order valence-corrected chi connectivity index (χ2v) is 7.95. The van der Waals surface area contributed by atoms with Crippen LogP contribution in [0.5, 0.6) is 5.75 Å². The molecular formula is C15H6F17NaO4S.